The van der Waals surface area contributed by atoms with Crippen LogP contribution in [0.4, 0.5) is 5.69 Å². The summed E-state index contributed by atoms with van der Waals surface area (Å²) >= 11 is 11.9. The van der Waals surface area contributed by atoms with Gasteiger partial charge in [0.05, 0.1) is 10.7 Å². The number of anilines is 1. The van der Waals surface area contributed by atoms with Crippen molar-refractivity contribution in [1.29, 1.82) is 0 Å². The van der Waals surface area contributed by atoms with Crippen molar-refractivity contribution in [2.45, 2.75) is 12.8 Å². The van der Waals surface area contributed by atoms with Gasteiger partial charge in [-0.3, -0.25) is 4.79 Å². The summed E-state index contributed by atoms with van der Waals surface area (Å²) in [5, 5.41) is 4.94. The molecule has 0 unspecified atom stereocenters. The van der Waals surface area contributed by atoms with Gasteiger partial charge in [0.25, 0.3) is 0 Å². The average Bonchev–Trinajstić information content (AvgIpc) is 2.91. The first kappa shape index (κ1) is 14.9. The minimum Gasteiger partial charge on any atom is -0.361 e. The third kappa shape index (κ3) is 3.26. The van der Waals surface area contributed by atoms with Crippen molar-refractivity contribution in [2.24, 2.45) is 0 Å². The fourth-order valence-electron chi connectivity index (χ4n) is 2.39. The molecule has 112 valence electrons. The van der Waals surface area contributed by atoms with E-state index in [1.165, 1.54) is 0 Å². The Hall–Kier alpha value is -1.97. The van der Waals surface area contributed by atoms with E-state index in [0.717, 1.165) is 16.5 Å². The Morgan fingerprint density at radius 1 is 1.14 bits per heavy atom. The zero-order chi connectivity index (χ0) is 15.5. The highest BCUT2D eigenvalue weighted by atomic mass is 35.5. The monoisotopic (exact) mass is 332 g/mol. The van der Waals surface area contributed by atoms with Gasteiger partial charge in [-0.1, -0.05) is 41.4 Å². The van der Waals surface area contributed by atoms with Crippen LogP contribution in [0.2, 0.25) is 10.0 Å². The fraction of sp³-hybridized carbons (Fsp3) is 0.118. The standard InChI is InChI=1S/C17H14Cl2N2O/c18-12-6-7-16(14(19)9-12)21-17(22)8-5-11-10-20-15-4-2-1-3-13(11)15/h1-4,6-7,9-10,20H,5,8H2,(H,21,22). The van der Waals surface area contributed by atoms with E-state index in [0.29, 0.717) is 28.6 Å². The van der Waals surface area contributed by atoms with Crippen LogP contribution in [-0.2, 0) is 11.2 Å². The molecule has 1 amide bonds. The predicted octanol–water partition coefficient (Wildman–Crippen LogP) is 5.05. The van der Waals surface area contributed by atoms with Gasteiger partial charge in [0.15, 0.2) is 0 Å². The van der Waals surface area contributed by atoms with Gasteiger partial charge in [-0.2, -0.15) is 0 Å². The number of halogens is 2. The smallest absolute Gasteiger partial charge is 0.224 e. The number of para-hydroxylation sites is 1. The first-order valence-electron chi connectivity index (χ1n) is 6.93. The van der Waals surface area contributed by atoms with Crippen LogP contribution in [0.1, 0.15) is 12.0 Å². The van der Waals surface area contributed by atoms with E-state index < -0.39 is 0 Å². The third-order valence-electron chi connectivity index (χ3n) is 3.50. The van der Waals surface area contributed by atoms with Gasteiger partial charge in [-0.15, -0.1) is 0 Å². The summed E-state index contributed by atoms with van der Waals surface area (Å²) in [7, 11) is 0. The number of aryl methyl sites for hydroxylation is 1. The zero-order valence-corrected chi connectivity index (χ0v) is 13.2. The maximum Gasteiger partial charge on any atom is 0.224 e. The highest BCUT2D eigenvalue weighted by Gasteiger charge is 2.09. The summed E-state index contributed by atoms with van der Waals surface area (Å²) in [6.45, 7) is 0. The second-order valence-electron chi connectivity index (χ2n) is 5.03. The molecule has 3 rings (SSSR count). The van der Waals surface area contributed by atoms with Crippen molar-refractivity contribution in [2.75, 3.05) is 5.32 Å². The highest BCUT2D eigenvalue weighted by Crippen LogP contribution is 2.25. The molecule has 0 aliphatic rings. The number of H-pyrrole nitrogens is 1. The van der Waals surface area contributed by atoms with Crippen LogP contribution < -0.4 is 5.32 Å². The van der Waals surface area contributed by atoms with Crippen LogP contribution in [0.15, 0.2) is 48.7 Å². The summed E-state index contributed by atoms with van der Waals surface area (Å²) in [6.07, 6.45) is 3.01. The summed E-state index contributed by atoms with van der Waals surface area (Å²) in [4.78, 5) is 15.3. The molecule has 1 heterocycles. The molecular formula is C17H14Cl2N2O. The molecule has 2 N–H and O–H groups in total. The van der Waals surface area contributed by atoms with E-state index in [1.54, 1.807) is 18.2 Å². The quantitative estimate of drug-likeness (QED) is 0.690. The molecule has 0 saturated heterocycles. The number of fused-ring (bicyclic) bond motifs is 1. The van der Waals surface area contributed by atoms with Crippen molar-refractivity contribution < 1.29 is 4.79 Å². The van der Waals surface area contributed by atoms with Gasteiger partial charge >= 0.3 is 0 Å². The van der Waals surface area contributed by atoms with E-state index in [-0.39, 0.29) is 5.91 Å². The Labute approximate surface area is 138 Å². The van der Waals surface area contributed by atoms with E-state index in [9.17, 15) is 4.79 Å². The molecule has 3 nitrogen and oxygen atoms in total. The topological polar surface area (TPSA) is 44.9 Å². The number of nitrogens with one attached hydrogen (secondary N) is 2. The maximum atomic E-state index is 12.1. The predicted molar refractivity (Wildman–Crippen MR) is 91.7 cm³/mol. The van der Waals surface area contributed by atoms with Crippen molar-refractivity contribution in [3.63, 3.8) is 0 Å². The molecule has 2 aromatic carbocycles. The second-order valence-corrected chi connectivity index (χ2v) is 5.88. The van der Waals surface area contributed by atoms with Crippen LogP contribution in [0, 0.1) is 0 Å². The fourth-order valence-corrected chi connectivity index (χ4v) is 2.85. The van der Waals surface area contributed by atoms with Crippen LogP contribution in [0.5, 0.6) is 0 Å². The number of hydrogen-bond acceptors (Lipinski definition) is 1. The second kappa shape index (κ2) is 6.42. The van der Waals surface area contributed by atoms with E-state index in [4.69, 9.17) is 23.2 Å². The molecule has 0 bridgehead atoms. The average molecular weight is 333 g/mol. The normalized spacial score (nSPS) is 10.8. The van der Waals surface area contributed by atoms with Crippen molar-refractivity contribution in [3.8, 4) is 0 Å². The Morgan fingerprint density at radius 2 is 1.95 bits per heavy atom. The lowest BCUT2D eigenvalue weighted by Crippen LogP contribution is -2.12. The van der Waals surface area contributed by atoms with Crippen molar-refractivity contribution in [3.05, 3.63) is 64.3 Å². The molecule has 0 aliphatic carbocycles. The number of carbonyl (C=O) groups is 1. The van der Waals surface area contributed by atoms with Crippen LogP contribution in [0.3, 0.4) is 0 Å². The molecule has 0 fully saturated rings. The SMILES string of the molecule is O=C(CCc1c[nH]c2ccccc12)Nc1ccc(Cl)cc1Cl. The summed E-state index contributed by atoms with van der Waals surface area (Å²) in [5.74, 6) is -0.0745. The highest BCUT2D eigenvalue weighted by molar-refractivity contribution is 6.36. The maximum absolute atomic E-state index is 12.1. The number of rotatable bonds is 4. The van der Waals surface area contributed by atoms with Gasteiger partial charge in [0.1, 0.15) is 0 Å². The van der Waals surface area contributed by atoms with Crippen LogP contribution in [0.25, 0.3) is 10.9 Å². The number of carbonyl (C=O) groups excluding carboxylic acids is 1. The van der Waals surface area contributed by atoms with Crippen LogP contribution in [-0.4, -0.2) is 10.9 Å². The van der Waals surface area contributed by atoms with Gasteiger partial charge in [0.2, 0.25) is 5.91 Å². The first-order chi connectivity index (χ1) is 10.6. The molecule has 5 heteroatoms. The van der Waals surface area contributed by atoms with E-state index >= 15 is 0 Å². The number of aromatic nitrogens is 1. The van der Waals surface area contributed by atoms with Gasteiger partial charge < -0.3 is 10.3 Å². The minimum atomic E-state index is -0.0745. The van der Waals surface area contributed by atoms with Crippen molar-refractivity contribution >= 4 is 45.7 Å². The Kier molecular flexibility index (Phi) is 4.36. The minimum absolute atomic E-state index is 0.0745. The lowest BCUT2D eigenvalue weighted by atomic mass is 10.1. The van der Waals surface area contributed by atoms with Gasteiger partial charge in [-0.05, 0) is 36.2 Å². The number of amides is 1. The first-order valence-corrected chi connectivity index (χ1v) is 7.69. The summed E-state index contributed by atoms with van der Waals surface area (Å²) < 4.78 is 0. The molecule has 0 saturated carbocycles. The molecule has 3 aromatic rings. The molecule has 0 aliphatic heterocycles. The number of benzene rings is 2. The van der Waals surface area contributed by atoms with Gasteiger partial charge in [-0.25, -0.2) is 0 Å². The number of aromatic amines is 1. The van der Waals surface area contributed by atoms with Crippen LogP contribution >= 0.6 is 23.2 Å². The Bertz CT molecular complexity index is 826. The molecule has 0 radical (unpaired) electrons. The number of hydrogen-bond donors (Lipinski definition) is 2. The molecule has 22 heavy (non-hydrogen) atoms. The summed E-state index contributed by atoms with van der Waals surface area (Å²) in [6, 6.07) is 13.1. The van der Waals surface area contributed by atoms with E-state index in [2.05, 4.69) is 16.4 Å². The largest absolute Gasteiger partial charge is 0.361 e. The zero-order valence-electron chi connectivity index (χ0n) is 11.7. The Balaban J connectivity index is 1.65. The molecular weight excluding hydrogens is 319 g/mol. The third-order valence-corrected chi connectivity index (χ3v) is 4.05. The molecule has 0 spiro atoms. The molecule has 1 aromatic heterocycles. The lowest BCUT2D eigenvalue weighted by molar-refractivity contribution is -0.116. The lowest BCUT2D eigenvalue weighted by Gasteiger charge is -2.07. The van der Waals surface area contributed by atoms with Crippen molar-refractivity contribution in [1.82, 2.24) is 4.98 Å². The molecule has 0 atom stereocenters. The summed E-state index contributed by atoms with van der Waals surface area (Å²) in [5.41, 5.74) is 2.79. The Morgan fingerprint density at radius 3 is 2.77 bits per heavy atom. The van der Waals surface area contributed by atoms with Gasteiger partial charge in [0, 0.05) is 28.5 Å². The van der Waals surface area contributed by atoms with E-state index in [1.807, 2.05) is 24.4 Å².